The van der Waals surface area contributed by atoms with Gasteiger partial charge in [-0.3, -0.25) is 0 Å². The third kappa shape index (κ3) is 3.17. The second kappa shape index (κ2) is 7.09. The first-order valence-electron chi connectivity index (χ1n) is 9.74. The number of ether oxygens (including phenoxy) is 4. The topological polar surface area (TPSA) is 36.9 Å². The Morgan fingerprint density at radius 3 is 1.50 bits per heavy atom. The highest BCUT2D eigenvalue weighted by molar-refractivity contribution is 5.93. The van der Waals surface area contributed by atoms with Crippen molar-refractivity contribution in [2.24, 2.45) is 0 Å². The average molecular weight is 356 g/mol. The third-order valence-corrected chi connectivity index (χ3v) is 6.04. The van der Waals surface area contributed by atoms with Gasteiger partial charge >= 0.3 is 0 Å². The Morgan fingerprint density at radius 1 is 0.769 bits per heavy atom. The summed E-state index contributed by atoms with van der Waals surface area (Å²) in [5.74, 6) is 1.78. The van der Waals surface area contributed by atoms with Crippen LogP contribution in [0.15, 0.2) is 36.4 Å². The molecule has 2 saturated heterocycles. The summed E-state index contributed by atoms with van der Waals surface area (Å²) in [7, 11) is 0. The summed E-state index contributed by atoms with van der Waals surface area (Å²) < 4.78 is 23.9. The molecule has 2 aromatic rings. The predicted octanol–water partition coefficient (Wildman–Crippen LogP) is 4.74. The van der Waals surface area contributed by atoms with Crippen molar-refractivity contribution in [3.8, 4) is 11.5 Å². The molecule has 0 spiro atoms. The molecule has 4 heteroatoms. The van der Waals surface area contributed by atoms with Crippen molar-refractivity contribution in [3.63, 3.8) is 0 Å². The summed E-state index contributed by atoms with van der Waals surface area (Å²) in [6.45, 7) is 7.19. The van der Waals surface area contributed by atoms with E-state index in [-0.39, 0.29) is 11.2 Å². The fourth-order valence-corrected chi connectivity index (χ4v) is 3.69. The van der Waals surface area contributed by atoms with Gasteiger partial charge in [-0.05, 0) is 25.0 Å². The summed E-state index contributed by atoms with van der Waals surface area (Å²) in [5.41, 5.74) is -0.212. The van der Waals surface area contributed by atoms with Gasteiger partial charge in [-0.1, -0.05) is 38.1 Å². The molecule has 4 rings (SSSR count). The van der Waals surface area contributed by atoms with Gasteiger partial charge in [0.05, 0.1) is 13.2 Å². The molecular weight excluding hydrogens is 328 g/mol. The molecule has 2 aromatic carbocycles. The average Bonchev–Trinajstić information content (AvgIpc) is 2.61. The molecule has 0 saturated carbocycles. The zero-order chi connectivity index (χ0) is 18.0. The molecular formula is C22H28O4. The maximum absolute atomic E-state index is 6.17. The molecule has 0 amide bonds. The smallest absolute Gasteiger partial charge is 0.127 e. The SMILES string of the molecule is CCC1(COc2cccc3c(OCC4(CC)CCO4)cccc23)CCO1. The Labute approximate surface area is 155 Å². The molecule has 2 aliphatic heterocycles. The summed E-state index contributed by atoms with van der Waals surface area (Å²) in [5, 5.41) is 2.16. The molecule has 2 fully saturated rings. The normalized spacial score (nSPS) is 27.6. The third-order valence-electron chi connectivity index (χ3n) is 6.04. The Bertz CT molecular complexity index is 686. The van der Waals surface area contributed by atoms with Gasteiger partial charge in [-0.25, -0.2) is 0 Å². The molecule has 2 aliphatic rings. The standard InChI is InChI=1S/C22H28O4/c1-3-21(11-13-25-21)15-23-19-9-5-8-18-17(19)7-6-10-20(18)24-16-22(4-2)12-14-26-22/h5-10H,3-4,11-16H2,1-2H3. The van der Waals surface area contributed by atoms with Crippen LogP contribution in [-0.4, -0.2) is 37.6 Å². The van der Waals surface area contributed by atoms with E-state index in [1.54, 1.807) is 0 Å². The zero-order valence-corrected chi connectivity index (χ0v) is 15.8. The lowest BCUT2D eigenvalue weighted by atomic mass is 9.93. The van der Waals surface area contributed by atoms with Crippen LogP contribution in [0.5, 0.6) is 11.5 Å². The molecule has 2 heterocycles. The lowest BCUT2D eigenvalue weighted by molar-refractivity contribution is -0.166. The van der Waals surface area contributed by atoms with E-state index in [9.17, 15) is 0 Å². The van der Waals surface area contributed by atoms with Crippen LogP contribution in [0.4, 0.5) is 0 Å². The van der Waals surface area contributed by atoms with Crippen LogP contribution >= 0.6 is 0 Å². The fourth-order valence-electron chi connectivity index (χ4n) is 3.69. The van der Waals surface area contributed by atoms with E-state index in [1.807, 2.05) is 24.3 Å². The second-order valence-electron chi connectivity index (χ2n) is 7.45. The first-order valence-corrected chi connectivity index (χ1v) is 9.74. The Balaban J connectivity index is 1.53. The van der Waals surface area contributed by atoms with Gasteiger partial charge < -0.3 is 18.9 Å². The number of hydrogen-bond acceptors (Lipinski definition) is 4. The highest BCUT2D eigenvalue weighted by Gasteiger charge is 2.38. The first-order chi connectivity index (χ1) is 12.7. The summed E-state index contributed by atoms with van der Waals surface area (Å²) >= 11 is 0. The van der Waals surface area contributed by atoms with Crippen LogP contribution in [0, 0.1) is 0 Å². The van der Waals surface area contributed by atoms with E-state index in [2.05, 4.69) is 26.0 Å². The van der Waals surface area contributed by atoms with Gasteiger partial charge in [0.25, 0.3) is 0 Å². The Hall–Kier alpha value is -1.78. The quantitative estimate of drug-likeness (QED) is 0.685. The minimum absolute atomic E-state index is 0.106. The Kier molecular flexibility index (Phi) is 4.80. The maximum Gasteiger partial charge on any atom is 0.127 e. The van der Waals surface area contributed by atoms with Crippen LogP contribution < -0.4 is 9.47 Å². The lowest BCUT2D eigenvalue weighted by Gasteiger charge is -2.41. The fraction of sp³-hybridized carbons (Fsp3) is 0.545. The van der Waals surface area contributed by atoms with E-state index in [4.69, 9.17) is 18.9 Å². The van der Waals surface area contributed by atoms with Crippen LogP contribution in [0.3, 0.4) is 0 Å². The van der Waals surface area contributed by atoms with Gasteiger partial charge in [-0.2, -0.15) is 0 Å². The predicted molar refractivity (Wildman–Crippen MR) is 102 cm³/mol. The molecule has 0 radical (unpaired) electrons. The summed E-state index contributed by atoms with van der Waals surface area (Å²) in [6, 6.07) is 12.3. The molecule has 0 aliphatic carbocycles. The van der Waals surface area contributed by atoms with Crippen LogP contribution in [0.25, 0.3) is 10.8 Å². The summed E-state index contributed by atoms with van der Waals surface area (Å²) in [4.78, 5) is 0. The van der Waals surface area contributed by atoms with Crippen molar-refractivity contribution in [2.75, 3.05) is 26.4 Å². The first kappa shape index (κ1) is 17.6. The molecule has 26 heavy (non-hydrogen) atoms. The Morgan fingerprint density at radius 2 is 1.19 bits per heavy atom. The van der Waals surface area contributed by atoms with Crippen molar-refractivity contribution in [1.29, 1.82) is 0 Å². The molecule has 2 atom stereocenters. The zero-order valence-electron chi connectivity index (χ0n) is 15.8. The van der Waals surface area contributed by atoms with Gasteiger partial charge in [0.2, 0.25) is 0 Å². The van der Waals surface area contributed by atoms with Gasteiger partial charge in [0.15, 0.2) is 0 Å². The number of rotatable bonds is 8. The molecule has 2 unspecified atom stereocenters. The number of benzene rings is 2. The lowest BCUT2D eigenvalue weighted by Crippen LogP contribution is -2.48. The molecule has 0 N–H and O–H groups in total. The van der Waals surface area contributed by atoms with Gasteiger partial charge in [0.1, 0.15) is 35.9 Å². The highest BCUT2D eigenvalue weighted by atomic mass is 16.6. The van der Waals surface area contributed by atoms with E-state index in [1.165, 1.54) is 0 Å². The number of hydrogen-bond donors (Lipinski definition) is 0. The molecule has 140 valence electrons. The minimum atomic E-state index is -0.106. The molecule has 4 nitrogen and oxygen atoms in total. The van der Waals surface area contributed by atoms with Gasteiger partial charge in [0, 0.05) is 23.6 Å². The van der Waals surface area contributed by atoms with Gasteiger partial charge in [-0.15, -0.1) is 0 Å². The van der Waals surface area contributed by atoms with E-state index in [0.29, 0.717) is 13.2 Å². The van der Waals surface area contributed by atoms with Crippen molar-refractivity contribution >= 4 is 10.8 Å². The highest BCUT2D eigenvalue weighted by Crippen LogP contribution is 2.36. The molecule has 0 bridgehead atoms. The maximum atomic E-state index is 6.17. The monoisotopic (exact) mass is 356 g/mol. The van der Waals surface area contributed by atoms with E-state index >= 15 is 0 Å². The van der Waals surface area contributed by atoms with E-state index in [0.717, 1.165) is 61.2 Å². The number of fused-ring (bicyclic) bond motifs is 1. The van der Waals surface area contributed by atoms with Crippen molar-refractivity contribution in [1.82, 2.24) is 0 Å². The van der Waals surface area contributed by atoms with Crippen molar-refractivity contribution in [3.05, 3.63) is 36.4 Å². The van der Waals surface area contributed by atoms with Crippen molar-refractivity contribution < 1.29 is 18.9 Å². The summed E-state index contributed by atoms with van der Waals surface area (Å²) in [6.07, 6.45) is 4.10. The molecule has 0 aromatic heterocycles. The van der Waals surface area contributed by atoms with Crippen LogP contribution in [0.2, 0.25) is 0 Å². The van der Waals surface area contributed by atoms with Crippen molar-refractivity contribution in [2.45, 2.75) is 50.7 Å². The van der Waals surface area contributed by atoms with Crippen LogP contribution in [0.1, 0.15) is 39.5 Å². The van der Waals surface area contributed by atoms with Crippen LogP contribution in [-0.2, 0) is 9.47 Å². The second-order valence-corrected chi connectivity index (χ2v) is 7.45. The minimum Gasteiger partial charge on any atom is -0.490 e. The largest absolute Gasteiger partial charge is 0.490 e. The van der Waals surface area contributed by atoms with E-state index < -0.39 is 0 Å².